The van der Waals surface area contributed by atoms with Crippen LogP contribution in [0.15, 0.2) is 24.3 Å². The van der Waals surface area contributed by atoms with E-state index in [0.29, 0.717) is 12.2 Å². The highest BCUT2D eigenvalue weighted by atomic mass is 19.1. The summed E-state index contributed by atoms with van der Waals surface area (Å²) in [6, 6.07) is 4.17. The van der Waals surface area contributed by atoms with E-state index in [0.717, 1.165) is 0 Å². The standard InChI is InChI=1S/C17H23FN2O5/c1-10(2)8-14(17(23)24)20-15(21)9-19-16(22)11(3)25-13-6-4-12(18)5-7-13/h4-7,10-11,14H,8-9H2,1-3H3,(H,19,22)(H,20,21)(H,23,24)/t11?,14-/m0/s1. The predicted molar refractivity (Wildman–Crippen MR) is 88.5 cm³/mol. The molecule has 7 nitrogen and oxygen atoms in total. The van der Waals surface area contributed by atoms with E-state index < -0.39 is 35.7 Å². The lowest BCUT2D eigenvalue weighted by molar-refractivity contribution is -0.142. The van der Waals surface area contributed by atoms with Gasteiger partial charge in [-0.05, 0) is 43.5 Å². The van der Waals surface area contributed by atoms with Crippen molar-refractivity contribution in [2.45, 2.75) is 39.3 Å². The van der Waals surface area contributed by atoms with Crippen LogP contribution in [0.2, 0.25) is 0 Å². The van der Waals surface area contributed by atoms with Crippen LogP contribution in [0.25, 0.3) is 0 Å². The van der Waals surface area contributed by atoms with E-state index in [1.165, 1.54) is 31.2 Å². The van der Waals surface area contributed by atoms with Gasteiger partial charge in [0.05, 0.1) is 6.54 Å². The van der Waals surface area contributed by atoms with E-state index in [2.05, 4.69) is 10.6 Å². The van der Waals surface area contributed by atoms with Crippen molar-refractivity contribution < 1.29 is 28.6 Å². The first-order valence-electron chi connectivity index (χ1n) is 7.91. The van der Waals surface area contributed by atoms with Crippen LogP contribution in [-0.4, -0.2) is 41.6 Å². The molecule has 138 valence electrons. The van der Waals surface area contributed by atoms with Crippen LogP contribution in [0.3, 0.4) is 0 Å². The van der Waals surface area contributed by atoms with Crippen molar-refractivity contribution in [1.82, 2.24) is 10.6 Å². The van der Waals surface area contributed by atoms with Crippen molar-refractivity contribution in [3.8, 4) is 5.75 Å². The highest BCUT2D eigenvalue weighted by Gasteiger charge is 2.22. The molecule has 25 heavy (non-hydrogen) atoms. The van der Waals surface area contributed by atoms with Gasteiger partial charge >= 0.3 is 5.97 Å². The molecule has 1 aromatic carbocycles. The fourth-order valence-corrected chi connectivity index (χ4v) is 2.02. The molecule has 3 N–H and O–H groups in total. The van der Waals surface area contributed by atoms with Gasteiger partial charge in [0.25, 0.3) is 5.91 Å². The molecule has 0 bridgehead atoms. The molecule has 2 amide bonds. The molecule has 0 heterocycles. The Hall–Kier alpha value is -2.64. The second-order valence-corrected chi connectivity index (χ2v) is 6.02. The molecule has 0 fully saturated rings. The molecule has 0 spiro atoms. The van der Waals surface area contributed by atoms with E-state index >= 15 is 0 Å². The molecule has 1 aromatic rings. The largest absolute Gasteiger partial charge is 0.481 e. The number of amides is 2. The number of halogens is 1. The van der Waals surface area contributed by atoms with Gasteiger partial charge in [-0.3, -0.25) is 9.59 Å². The van der Waals surface area contributed by atoms with Crippen LogP contribution in [-0.2, 0) is 14.4 Å². The van der Waals surface area contributed by atoms with Crippen molar-refractivity contribution in [3.05, 3.63) is 30.1 Å². The van der Waals surface area contributed by atoms with Gasteiger partial charge in [0, 0.05) is 0 Å². The van der Waals surface area contributed by atoms with Crippen LogP contribution in [0, 0.1) is 11.7 Å². The number of ether oxygens (including phenoxy) is 1. The molecule has 0 aromatic heterocycles. The third-order valence-electron chi connectivity index (χ3n) is 3.26. The molecular weight excluding hydrogens is 331 g/mol. The number of nitrogens with one attached hydrogen (secondary N) is 2. The first-order valence-corrected chi connectivity index (χ1v) is 7.91. The zero-order valence-corrected chi connectivity index (χ0v) is 14.4. The summed E-state index contributed by atoms with van der Waals surface area (Å²) in [6.07, 6.45) is -0.608. The molecule has 0 aliphatic rings. The zero-order chi connectivity index (χ0) is 19.0. The Balaban J connectivity index is 2.44. The normalized spacial score (nSPS) is 13.0. The van der Waals surface area contributed by atoms with Crippen molar-refractivity contribution in [2.24, 2.45) is 5.92 Å². The molecule has 0 saturated heterocycles. The first-order chi connectivity index (χ1) is 11.7. The quantitative estimate of drug-likeness (QED) is 0.620. The monoisotopic (exact) mass is 354 g/mol. The smallest absolute Gasteiger partial charge is 0.326 e. The summed E-state index contributed by atoms with van der Waals surface area (Å²) in [4.78, 5) is 34.8. The molecule has 0 aliphatic carbocycles. The first kappa shape index (κ1) is 20.4. The molecule has 1 rings (SSSR count). The Kier molecular flexibility index (Phi) is 7.84. The van der Waals surface area contributed by atoms with Gasteiger partial charge in [0.1, 0.15) is 17.6 Å². The SMILES string of the molecule is CC(C)C[C@H](NC(=O)CNC(=O)C(C)Oc1ccc(F)cc1)C(=O)O. The molecule has 0 radical (unpaired) electrons. The van der Waals surface area contributed by atoms with E-state index in [1.54, 1.807) is 0 Å². The van der Waals surface area contributed by atoms with Crippen molar-refractivity contribution in [3.63, 3.8) is 0 Å². The lowest BCUT2D eigenvalue weighted by atomic mass is 10.0. The van der Waals surface area contributed by atoms with Crippen LogP contribution < -0.4 is 15.4 Å². The lowest BCUT2D eigenvalue weighted by Gasteiger charge is -2.18. The van der Waals surface area contributed by atoms with E-state index in [4.69, 9.17) is 9.84 Å². The third-order valence-corrected chi connectivity index (χ3v) is 3.26. The fraction of sp³-hybridized carbons (Fsp3) is 0.471. The second kappa shape index (κ2) is 9.61. The molecule has 1 unspecified atom stereocenters. The Morgan fingerprint density at radius 3 is 2.28 bits per heavy atom. The minimum Gasteiger partial charge on any atom is -0.481 e. The summed E-state index contributed by atoms with van der Waals surface area (Å²) in [5, 5.41) is 13.8. The van der Waals surface area contributed by atoms with Crippen LogP contribution in [0.1, 0.15) is 27.2 Å². The number of carbonyl (C=O) groups excluding carboxylic acids is 2. The Morgan fingerprint density at radius 2 is 1.76 bits per heavy atom. The number of rotatable bonds is 9. The highest BCUT2D eigenvalue weighted by molar-refractivity contribution is 5.89. The van der Waals surface area contributed by atoms with Crippen molar-refractivity contribution >= 4 is 17.8 Å². The summed E-state index contributed by atoms with van der Waals surface area (Å²) >= 11 is 0. The van der Waals surface area contributed by atoms with Gasteiger partial charge < -0.3 is 20.5 Å². The predicted octanol–water partition coefficient (Wildman–Crippen LogP) is 1.32. The van der Waals surface area contributed by atoms with Gasteiger partial charge in [0.15, 0.2) is 6.10 Å². The minimum absolute atomic E-state index is 0.0973. The number of hydrogen-bond acceptors (Lipinski definition) is 4. The molecule has 0 aliphatic heterocycles. The van der Waals surface area contributed by atoms with E-state index in [9.17, 15) is 18.8 Å². The summed E-state index contributed by atoms with van der Waals surface area (Å²) < 4.78 is 18.1. The third kappa shape index (κ3) is 7.65. The Bertz CT molecular complexity index is 604. The average molecular weight is 354 g/mol. The van der Waals surface area contributed by atoms with Gasteiger partial charge in [0.2, 0.25) is 5.91 Å². The number of hydrogen-bond donors (Lipinski definition) is 3. The van der Waals surface area contributed by atoms with Gasteiger partial charge in [-0.15, -0.1) is 0 Å². The van der Waals surface area contributed by atoms with E-state index in [-0.39, 0.29) is 12.5 Å². The Morgan fingerprint density at radius 1 is 1.16 bits per heavy atom. The van der Waals surface area contributed by atoms with Crippen LogP contribution in [0.4, 0.5) is 4.39 Å². The van der Waals surface area contributed by atoms with Crippen LogP contribution in [0.5, 0.6) is 5.75 Å². The highest BCUT2D eigenvalue weighted by Crippen LogP contribution is 2.13. The maximum atomic E-state index is 12.8. The topological polar surface area (TPSA) is 105 Å². The lowest BCUT2D eigenvalue weighted by Crippen LogP contribution is -2.47. The number of benzene rings is 1. The minimum atomic E-state index is -1.12. The molecule has 2 atom stereocenters. The second-order valence-electron chi connectivity index (χ2n) is 6.02. The van der Waals surface area contributed by atoms with Crippen molar-refractivity contribution in [1.29, 1.82) is 0 Å². The number of aliphatic carboxylic acids is 1. The maximum Gasteiger partial charge on any atom is 0.326 e. The van der Waals surface area contributed by atoms with E-state index in [1.807, 2.05) is 13.8 Å². The zero-order valence-electron chi connectivity index (χ0n) is 14.4. The summed E-state index contributed by atoms with van der Waals surface area (Å²) in [6.45, 7) is 4.81. The molecule has 0 saturated carbocycles. The molecule has 8 heteroatoms. The van der Waals surface area contributed by atoms with Gasteiger partial charge in [-0.1, -0.05) is 13.8 Å². The fourth-order valence-electron chi connectivity index (χ4n) is 2.02. The Labute approximate surface area is 145 Å². The maximum absolute atomic E-state index is 12.8. The summed E-state index contributed by atoms with van der Waals surface area (Å²) in [5.74, 6) is -2.28. The van der Waals surface area contributed by atoms with Gasteiger partial charge in [-0.25, -0.2) is 9.18 Å². The van der Waals surface area contributed by atoms with Gasteiger partial charge in [-0.2, -0.15) is 0 Å². The summed E-state index contributed by atoms with van der Waals surface area (Å²) in [7, 11) is 0. The summed E-state index contributed by atoms with van der Waals surface area (Å²) in [5.41, 5.74) is 0. The average Bonchev–Trinajstić information content (AvgIpc) is 2.53. The van der Waals surface area contributed by atoms with Crippen molar-refractivity contribution in [2.75, 3.05) is 6.54 Å². The number of carboxylic acids is 1. The molecular formula is C17H23FN2O5. The van der Waals surface area contributed by atoms with Crippen LogP contribution >= 0.6 is 0 Å². The number of carboxylic acid groups (broad SMARTS) is 1. The number of carbonyl (C=O) groups is 3.